The van der Waals surface area contributed by atoms with Crippen LogP contribution in [0.4, 0.5) is 0 Å². The third-order valence-electron chi connectivity index (χ3n) is 10.6. The largest absolute Gasteiger partial charge is 0.309 e. The number of thiophene rings is 1. The normalized spacial score (nSPS) is 12.0. The molecule has 0 saturated carbocycles. The van der Waals surface area contributed by atoms with E-state index in [1.807, 2.05) is 11.3 Å². The Hall–Kier alpha value is -6.22. The first-order chi connectivity index (χ1) is 24.8. The fourth-order valence-corrected chi connectivity index (χ4v) is 9.60. The van der Waals surface area contributed by atoms with Gasteiger partial charge in [-0.2, -0.15) is 0 Å². The summed E-state index contributed by atoms with van der Waals surface area (Å²) in [6.07, 6.45) is 0. The van der Waals surface area contributed by atoms with Gasteiger partial charge in [-0.25, -0.2) is 0 Å². The molecular weight excluding hydrogens is 623 g/mol. The molecule has 11 rings (SSSR count). The fourth-order valence-electron chi connectivity index (χ4n) is 8.38. The van der Waals surface area contributed by atoms with Gasteiger partial charge in [0.2, 0.25) is 0 Å². The van der Waals surface area contributed by atoms with Crippen LogP contribution in [0.15, 0.2) is 176 Å². The first-order valence-electron chi connectivity index (χ1n) is 17.2. The zero-order chi connectivity index (χ0) is 32.8. The maximum Gasteiger partial charge on any atom is 0.0541 e. The van der Waals surface area contributed by atoms with Gasteiger partial charge in [0.15, 0.2) is 0 Å². The molecule has 1 aliphatic carbocycles. The minimum absolute atomic E-state index is 1.19. The highest BCUT2D eigenvalue weighted by Crippen LogP contribution is 2.49. The van der Waals surface area contributed by atoms with Gasteiger partial charge in [0.05, 0.1) is 11.0 Å². The van der Waals surface area contributed by atoms with Crippen molar-refractivity contribution in [3.63, 3.8) is 0 Å². The Bertz CT molecular complexity index is 2930. The Kier molecular flexibility index (Phi) is 5.89. The average Bonchev–Trinajstić information content (AvgIpc) is 3.73. The van der Waals surface area contributed by atoms with E-state index in [2.05, 4.69) is 180 Å². The highest BCUT2D eigenvalue weighted by atomic mass is 32.1. The summed E-state index contributed by atoms with van der Waals surface area (Å²) in [6, 6.07) is 65.0. The molecule has 0 unspecified atom stereocenters. The Morgan fingerprint density at radius 3 is 1.40 bits per heavy atom. The molecule has 0 fully saturated rings. The van der Waals surface area contributed by atoms with Gasteiger partial charge in [-0.1, -0.05) is 140 Å². The third kappa shape index (κ3) is 3.94. The lowest BCUT2D eigenvalue weighted by Crippen LogP contribution is -1.97. The minimum atomic E-state index is 1.19. The molecule has 1 aliphatic rings. The molecule has 0 N–H and O–H groups in total. The summed E-state index contributed by atoms with van der Waals surface area (Å²) < 4.78 is 5.05. The molecule has 0 aliphatic heterocycles. The predicted octanol–water partition coefficient (Wildman–Crippen LogP) is 13.8. The van der Waals surface area contributed by atoms with Crippen LogP contribution in [0.3, 0.4) is 0 Å². The van der Waals surface area contributed by atoms with Crippen LogP contribution >= 0.6 is 11.3 Å². The minimum Gasteiger partial charge on any atom is -0.309 e. The van der Waals surface area contributed by atoms with Gasteiger partial charge in [-0.3, -0.25) is 0 Å². The number of fused-ring (bicyclic) bond motifs is 14. The van der Waals surface area contributed by atoms with Gasteiger partial charge >= 0.3 is 0 Å². The van der Waals surface area contributed by atoms with Gasteiger partial charge in [0.1, 0.15) is 0 Å². The van der Waals surface area contributed by atoms with Crippen molar-refractivity contribution in [3.05, 3.63) is 176 Å². The van der Waals surface area contributed by atoms with E-state index < -0.39 is 0 Å². The van der Waals surface area contributed by atoms with Crippen molar-refractivity contribution in [2.45, 2.75) is 0 Å². The first-order valence-corrected chi connectivity index (χ1v) is 18.0. The van der Waals surface area contributed by atoms with E-state index in [4.69, 9.17) is 0 Å². The van der Waals surface area contributed by atoms with Crippen LogP contribution in [-0.4, -0.2) is 4.57 Å². The van der Waals surface area contributed by atoms with E-state index in [9.17, 15) is 0 Å². The van der Waals surface area contributed by atoms with Gasteiger partial charge in [0, 0.05) is 36.6 Å². The van der Waals surface area contributed by atoms with Gasteiger partial charge < -0.3 is 4.57 Å². The second kappa shape index (κ2) is 10.6. The standard InChI is InChI=1S/C48H29NS/c1-2-13-34-33(12-1)35-14-3-4-16-37(35)39-26-24-30(28-43(39)38-17-6-5-15-36(34)38)32-20-11-21-42-44-29-31(25-27-47(44)50-48(32)42)49-45-22-9-7-18-40(45)41-19-8-10-23-46(41)49/h1-29H. The van der Waals surface area contributed by atoms with Crippen molar-refractivity contribution in [1.82, 2.24) is 4.57 Å². The monoisotopic (exact) mass is 651 g/mol. The summed E-state index contributed by atoms with van der Waals surface area (Å²) in [5.74, 6) is 0. The van der Waals surface area contributed by atoms with E-state index in [1.54, 1.807) is 0 Å². The van der Waals surface area contributed by atoms with Gasteiger partial charge in [-0.05, 0) is 92.0 Å². The Morgan fingerprint density at radius 2 is 0.800 bits per heavy atom. The molecule has 0 atom stereocenters. The van der Waals surface area contributed by atoms with Gasteiger partial charge in [0.25, 0.3) is 0 Å². The molecule has 0 saturated heterocycles. The molecule has 1 nitrogen and oxygen atoms in total. The lowest BCUT2D eigenvalue weighted by atomic mass is 9.80. The number of para-hydroxylation sites is 2. The van der Waals surface area contributed by atoms with Crippen LogP contribution in [0, 0.1) is 0 Å². The van der Waals surface area contributed by atoms with Crippen molar-refractivity contribution in [1.29, 1.82) is 0 Å². The topological polar surface area (TPSA) is 4.93 Å². The van der Waals surface area contributed by atoms with E-state index in [1.165, 1.54) is 103 Å². The third-order valence-corrected chi connectivity index (χ3v) is 11.8. The molecule has 232 valence electrons. The van der Waals surface area contributed by atoms with Crippen LogP contribution in [0.5, 0.6) is 0 Å². The van der Waals surface area contributed by atoms with Crippen molar-refractivity contribution in [2.75, 3.05) is 0 Å². The maximum atomic E-state index is 2.43. The lowest BCUT2D eigenvalue weighted by Gasteiger charge is -2.23. The SMILES string of the molecule is c1ccc2c(c1)-c1ccccc1-c1ccc(-c3cccc4c3sc3ccc(-n5c6ccccc6c6ccccc65)cc34)cc1-c1ccccc1-2. The second-order valence-electron chi connectivity index (χ2n) is 13.2. The number of nitrogens with zero attached hydrogens (tertiary/aromatic N) is 1. The summed E-state index contributed by atoms with van der Waals surface area (Å²) in [6.45, 7) is 0. The first kappa shape index (κ1) is 27.7. The molecule has 0 spiro atoms. The molecule has 2 heteroatoms. The number of aromatic nitrogens is 1. The lowest BCUT2D eigenvalue weighted by molar-refractivity contribution is 1.19. The van der Waals surface area contributed by atoms with Crippen LogP contribution < -0.4 is 0 Å². The molecule has 50 heavy (non-hydrogen) atoms. The highest BCUT2D eigenvalue weighted by molar-refractivity contribution is 7.26. The zero-order valence-electron chi connectivity index (χ0n) is 27.1. The molecule has 10 aromatic rings. The fraction of sp³-hybridized carbons (Fsp3) is 0. The number of benzene rings is 8. The Labute approximate surface area is 293 Å². The molecule has 2 aromatic heterocycles. The van der Waals surface area contributed by atoms with E-state index in [0.29, 0.717) is 0 Å². The van der Waals surface area contributed by atoms with Crippen LogP contribution in [0.2, 0.25) is 0 Å². The second-order valence-corrected chi connectivity index (χ2v) is 14.3. The molecular formula is C48H29NS. The summed E-state index contributed by atoms with van der Waals surface area (Å²) in [7, 11) is 0. The Morgan fingerprint density at radius 1 is 0.320 bits per heavy atom. The number of rotatable bonds is 2. The van der Waals surface area contributed by atoms with E-state index >= 15 is 0 Å². The highest BCUT2D eigenvalue weighted by Gasteiger charge is 2.22. The predicted molar refractivity (Wildman–Crippen MR) is 214 cm³/mol. The number of hydrogen-bond donors (Lipinski definition) is 0. The Balaban J connectivity index is 1.13. The number of hydrogen-bond acceptors (Lipinski definition) is 1. The smallest absolute Gasteiger partial charge is 0.0541 e. The summed E-state index contributed by atoms with van der Waals surface area (Å²) in [4.78, 5) is 0. The van der Waals surface area contributed by atoms with Crippen molar-refractivity contribution >= 4 is 53.3 Å². The molecule has 0 radical (unpaired) electrons. The zero-order valence-corrected chi connectivity index (χ0v) is 27.9. The summed E-state index contributed by atoms with van der Waals surface area (Å²) in [5.41, 5.74) is 16.4. The summed E-state index contributed by atoms with van der Waals surface area (Å²) in [5, 5.41) is 5.17. The molecule has 0 bridgehead atoms. The van der Waals surface area contributed by atoms with Crippen LogP contribution in [0.1, 0.15) is 0 Å². The van der Waals surface area contributed by atoms with Crippen LogP contribution in [-0.2, 0) is 0 Å². The van der Waals surface area contributed by atoms with E-state index in [0.717, 1.165) is 0 Å². The van der Waals surface area contributed by atoms with Gasteiger partial charge in [-0.15, -0.1) is 11.3 Å². The van der Waals surface area contributed by atoms with E-state index in [-0.39, 0.29) is 0 Å². The molecule has 8 aromatic carbocycles. The van der Waals surface area contributed by atoms with Crippen molar-refractivity contribution in [3.8, 4) is 61.3 Å². The van der Waals surface area contributed by atoms with Crippen LogP contribution in [0.25, 0.3) is 103 Å². The quantitative estimate of drug-likeness (QED) is 0.175. The maximum absolute atomic E-state index is 2.43. The van der Waals surface area contributed by atoms with Crippen molar-refractivity contribution < 1.29 is 0 Å². The van der Waals surface area contributed by atoms with Crippen molar-refractivity contribution in [2.24, 2.45) is 0 Å². The molecule has 0 amide bonds. The average molecular weight is 652 g/mol. The molecule has 2 heterocycles. The summed E-state index contributed by atoms with van der Waals surface area (Å²) >= 11 is 1.90.